The standard InChI is InChI=1S/C19H25N3O/c1-4-18-17(19(23)21-11-5-6-15(3)13-21)12-20-22(18)16-9-7-14(2)8-10-16/h7-10,12,15H,4-6,11,13H2,1-3H3. The predicted molar refractivity (Wildman–Crippen MR) is 92.0 cm³/mol. The first-order valence-corrected chi connectivity index (χ1v) is 8.53. The number of aromatic nitrogens is 2. The summed E-state index contributed by atoms with van der Waals surface area (Å²) in [5, 5.41) is 4.49. The third-order valence-electron chi connectivity index (χ3n) is 4.66. The molecular formula is C19H25N3O. The smallest absolute Gasteiger partial charge is 0.257 e. The van der Waals surface area contributed by atoms with Gasteiger partial charge in [-0.15, -0.1) is 0 Å². The number of hydrogen-bond donors (Lipinski definition) is 0. The zero-order chi connectivity index (χ0) is 16.4. The van der Waals surface area contributed by atoms with Crippen LogP contribution in [0.1, 0.15) is 48.3 Å². The van der Waals surface area contributed by atoms with Crippen LogP contribution in [0.15, 0.2) is 30.5 Å². The molecule has 23 heavy (non-hydrogen) atoms. The summed E-state index contributed by atoms with van der Waals surface area (Å²) in [7, 11) is 0. The lowest BCUT2D eigenvalue weighted by Crippen LogP contribution is -2.39. The van der Waals surface area contributed by atoms with E-state index in [4.69, 9.17) is 0 Å². The van der Waals surface area contributed by atoms with Gasteiger partial charge in [0.05, 0.1) is 23.1 Å². The second kappa shape index (κ2) is 6.57. The molecule has 0 aliphatic carbocycles. The van der Waals surface area contributed by atoms with Crippen molar-refractivity contribution in [2.45, 2.75) is 40.0 Å². The van der Waals surface area contributed by atoms with Gasteiger partial charge in [0.2, 0.25) is 0 Å². The Balaban J connectivity index is 1.91. The lowest BCUT2D eigenvalue weighted by molar-refractivity contribution is 0.0682. The van der Waals surface area contributed by atoms with Crippen LogP contribution in [-0.2, 0) is 6.42 Å². The first kappa shape index (κ1) is 15.8. The number of hydrogen-bond acceptors (Lipinski definition) is 2. The number of carbonyl (C=O) groups is 1. The topological polar surface area (TPSA) is 38.1 Å². The average Bonchev–Trinajstić information content (AvgIpc) is 2.98. The van der Waals surface area contributed by atoms with Crippen molar-refractivity contribution in [2.24, 2.45) is 5.92 Å². The van der Waals surface area contributed by atoms with Gasteiger partial charge in [-0.05, 0) is 44.2 Å². The molecule has 2 aromatic rings. The fourth-order valence-electron chi connectivity index (χ4n) is 3.35. The molecule has 0 bridgehead atoms. The zero-order valence-corrected chi connectivity index (χ0v) is 14.2. The van der Waals surface area contributed by atoms with Gasteiger partial charge in [0.15, 0.2) is 0 Å². The van der Waals surface area contributed by atoms with Crippen molar-refractivity contribution in [3.63, 3.8) is 0 Å². The van der Waals surface area contributed by atoms with Gasteiger partial charge in [0.1, 0.15) is 0 Å². The summed E-state index contributed by atoms with van der Waals surface area (Å²) in [4.78, 5) is 14.9. The van der Waals surface area contributed by atoms with Gasteiger partial charge in [-0.1, -0.05) is 31.5 Å². The summed E-state index contributed by atoms with van der Waals surface area (Å²) in [6, 6.07) is 8.26. The minimum Gasteiger partial charge on any atom is -0.338 e. The van der Waals surface area contributed by atoms with Gasteiger partial charge in [-0.3, -0.25) is 4.79 Å². The molecule has 0 saturated carbocycles. The van der Waals surface area contributed by atoms with Crippen LogP contribution in [-0.4, -0.2) is 33.7 Å². The molecule has 1 fully saturated rings. The maximum absolute atomic E-state index is 12.9. The molecule has 1 aromatic heterocycles. The Bertz CT molecular complexity index is 687. The van der Waals surface area contributed by atoms with E-state index in [-0.39, 0.29) is 5.91 Å². The Kier molecular flexibility index (Phi) is 4.51. The number of amides is 1. The molecule has 1 aromatic carbocycles. The van der Waals surface area contributed by atoms with Crippen LogP contribution in [0.4, 0.5) is 0 Å². The molecule has 2 heterocycles. The molecule has 1 aliphatic rings. The van der Waals surface area contributed by atoms with Crippen molar-refractivity contribution in [2.75, 3.05) is 13.1 Å². The quantitative estimate of drug-likeness (QED) is 0.868. The molecule has 122 valence electrons. The Morgan fingerprint density at radius 2 is 2.04 bits per heavy atom. The highest BCUT2D eigenvalue weighted by Crippen LogP contribution is 2.21. The van der Waals surface area contributed by atoms with E-state index in [0.717, 1.165) is 42.9 Å². The molecule has 0 N–H and O–H groups in total. The fraction of sp³-hybridized carbons (Fsp3) is 0.474. The normalized spacial score (nSPS) is 18.2. The van der Waals surface area contributed by atoms with Crippen molar-refractivity contribution in [1.29, 1.82) is 0 Å². The molecule has 4 heteroatoms. The number of carbonyl (C=O) groups excluding carboxylic acids is 1. The Hall–Kier alpha value is -2.10. The lowest BCUT2D eigenvalue weighted by Gasteiger charge is -2.30. The summed E-state index contributed by atoms with van der Waals surface area (Å²) in [5.74, 6) is 0.719. The highest BCUT2D eigenvalue weighted by Gasteiger charge is 2.25. The SMILES string of the molecule is CCc1c(C(=O)N2CCCC(C)C2)cnn1-c1ccc(C)cc1. The van der Waals surface area contributed by atoms with Gasteiger partial charge < -0.3 is 4.90 Å². The van der Waals surface area contributed by atoms with E-state index in [9.17, 15) is 4.79 Å². The van der Waals surface area contributed by atoms with Gasteiger partial charge in [-0.25, -0.2) is 4.68 Å². The highest BCUT2D eigenvalue weighted by molar-refractivity contribution is 5.95. The molecular weight excluding hydrogens is 286 g/mol. The predicted octanol–water partition coefficient (Wildman–Crippen LogP) is 3.62. The third kappa shape index (κ3) is 3.16. The van der Waals surface area contributed by atoms with Crippen LogP contribution in [0.5, 0.6) is 0 Å². The van der Waals surface area contributed by atoms with E-state index >= 15 is 0 Å². The molecule has 1 unspecified atom stereocenters. The molecule has 3 rings (SSSR count). The summed E-state index contributed by atoms with van der Waals surface area (Å²) < 4.78 is 1.90. The van der Waals surface area contributed by atoms with Crippen LogP contribution in [0.2, 0.25) is 0 Å². The fourth-order valence-corrected chi connectivity index (χ4v) is 3.35. The summed E-state index contributed by atoms with van der Waals surface area (Å²) >= 11 is 0. The zero-order valence-electron chi connectivity index (χ0n) is 14.2. The summed E-state index contributed by atoms with van der Waals surface area (Å²) in [5.41, 5.74) is 3.98. The first-order chi connectivity index (χ1) is 11.1. The van der Waals surface area contributed by atoms with Crippen LogP contribution in [0.3, 0.4) is 0 Å². The number of aryl methyl sites for hydroxylation is 1. The number of piperidine rings is 1. The number of nitrogens with zero attached hydrogens (tertiary/aromatic N) is 3. The molecule has 1 amide bonds. The maximum atomic E-state index is 12.9. The van der Waals surface area contributed by atoms with Gasteiger partial charge in [0.25, 0.3) is 5.91 Å². The van der Waals surface area contributed by atoms with Gasteiger partial charge in [0, 0.05) is 13.1 Å². The van der Waals surface area contributed by atoms with Crippen molar-refractivity contribution >= 4 is 5.91 Å². The Morgan fingerprint density at radius 3 is 2.70 bits per heavy atom. The number of likely N-dealkylation sites (tertiary alicyclic amines) is 1. The molecule has 1 aliphatic heterocycles. The van der Waals surface area contributed by atoms with E-state index in [1.54, 1.807) is 6.20 Å². The van der Waals surface area contributed by atoms with E-state index in [0.29, 0.717) is 5.92 Å². The maximum Gasteiger partial charge on any atom is 0.257 e. The van der Waals surface area contributed by atoms with Crippen molar-refractivity contribution < 1.29 is 4.79 Å². The summed E-state index contributed by atoms with van der Waals surface area (Å²) in [6.45, 7) is 8.09. The number of benzene rings is 1. The molecule has 1 saturated heterocycles. The third-order valence-corrected chi connectivity index (χ3v) is 4.66. The molecule has 0 radical (unpaired) electrons. The van der Waals surface area contributed by atoms with Crippen molar-refractivity contribution in [3.05, 3.63) is 47.3 Å². The van der Waals surface area contributed by atoms with E-state index in [2.05, 4.69) is 50.1 Å². The minimum absolute atomic E-state index is 0.131. The second-order valence-corrected chi connectivity index (χ2v) is 6.60. The van der Waals surface area contributed by atoms with Crippen LogP contribution in [0, 0.1) is 12.8 Å². The minimum atomic E-state index is 0.131. The Labute approximate surface area is 138 Å². The molecule has 4 nitrogen and oxygen atoms in total. The van der Waals surface area contributed by atoms with Crippen molar-refractivity contribution in [1.82, 2.24) is 14.7 Å². The number of rotatable bonds is 3. The van der Waals surface area contributed by atoms with Gasteiger partial charge >= 0.3 is 0 Å². The Morgan fingerprint density at radius 1 is 1.30 bits per heavy atom. The van der Waals surface area contributed by atoms with E-state index < -0.39 is 0 Å². The van der Waals surface area contributed by atoms with Crippen LogP contribution >= 0.6 is 0 Å². The first-order valence-electron chi connectivity index (χ1n) is 8.53. The van der Waals surface area contributed by atoms with Crippen molar-refractivity contribution in [3.8, 4) is 5.69 Å². The largest absolute Gasteiger partial charge is 0.338 e. The molecule has 0 spiro atoms. The lowest BCUT2D eigenvalue weighted by atomic mass is 9.99. The average molecular weight is 311 g/mol. The van der Waals surface area contributed by atoms with E-state index in [1.807, 2.05) is 9.58 Å². The van der Waals surface area contributed by atoms with Gasteiger partial charge in [-0.2, -0.15) is 5.10 Å². The van der Waals surface area contributed by atoms with Crippen LogP contribution in [0.25, 0.3) is 5.69 Å². The second-order valence-electron chi connectivity index (χ2n) is 6.60. The summed E-state index contributed by atoms with van der Waals surface area (Å²) in [6.07, 6.45) is 4.84. The molecule has 1 atom stereocenters. The van der Waals surface area contributed by atoms with E-state index in [1.165, 1.54) is 12.0 Å². The monoisotopic (exact) mass is 311 g/mol. The highest BCUT2D eigenvalue weighted by atomic mass is 16.2. The van der Waals surface area contributed by atoms with Crippen LogP contribution < -0.4 is 0 Å².